The van der Waals surface area contributed by atoms with E-state index in [-0.39, 0.29) is 49.3 Å². The number of rotatable bonds is 5. The van der Waals surface area contributed by atoms with Gasteiger partial charge < -0.3 is 20.0 Å². The van der Waals surface area contributed by atoms with Crippen molar-refractivity contribution in [2.24, 2.45) is 0 Å². The van der Waals surface area contributed by atoms with Crippen molar-refractivity contribution in [3.8, 4) is 0 Å². The molecule has 1 N–H and O–H groups in total. The lowest BCUT2D eigenvalue weighted by Crippen LogP contribution is -2.73. The highest BCUT2D eigenvalue weighted by molar-refractivity contribution is 5.89. The summed E-state index contributed by atoms with van der Waals surface area (Å²) in [4.78, 5) is 43.8. The van der Waals surface area contributed by atoms with Crippen molar-refractivity contribution in [3.05, 3.63) is 65.5 Å². The van der Waals surface area contributed by atoms with Gasteiger partial charge in [-0.2, -0.15) is 0 Å². The first-order chi connectivity index (χ1) is 16.7. The average Bonchev–Trinajstić information content (AvgIpc) is 2.83. The number of carbonyl (C=O) groups excluding carboxylic acids is 3. The van der Waals surface area contributed by atoms with E-state index in [1.165, 1.54) is 16.0 Å². The fraction of sp³-hybridized carbons (Fsp3) is 0.400. The Morgan fingerprint density at radius 1 is 1.11 bits per heavy atom. The normalized spacial score (nSPS) is 19.5. The molecule has 2 unspecified atom stereocenters. The molecule has 4 amide bonds. The molecule has 0 radical (unpaired) electrons. The quantitative estimate of drug-likeness (QED) is 0.706. The van der Waals surface area contributed by atoms with Crippen molar-refractivity contribution in [2.45, 2.75) is 25.7 Å². The van der Waals surface area contributed by atoms with Crippen molar-refractivity contribution in [1.29, 1.82) is 0 Å². The molecule has 2 aliphatic heterocycles. The number of nitrogens with one attached hydrogen (secondary N) is 1. The Hall–Kier alpha value is -3.66. The summed E-state index contributed by atoms with van der Waals surface area (Å²) in [5, 5.41) is 6.01. The second kappa shape index (κ2) is 9.91. The number of halogens is 1. The minimum Gasteiger partial charge on any atom is -0.375 e. The van der Waals surface area contributed by atoms with E-state index in [2.05, 4.69) is 5.32 Å². The topological polar surface area (TPSA) is 79.4 Å². The molecule has 9 nitrogen and oxygen atoms in total. The first-order valence-corrected chi connectivity index (χ1v) is 11.5. The number of anilines is 1. The smallest absolute Gasteiger partial charge is 0.334 e. The summed E-state index contributed by atoms with van der Waals surface area (Å²) in [6.45, 7) is 2.23. The standard InChI is InChI=1S/C25H31FN6O3/c1-17(19-10-11-20(26)21(12-19)28(2)3)30-14-22-31(16-24(30)34)23(33)15-29(4)32(22)25(35)27-13-18-8-6-5-7-9-18/h5-12,17,22H,13-16H2,1-4H3,(H,27,35). The Balaban J connectivity index is 1.56. The molecule has 2 aliphatic rings. The molecule has 2 fully saturated rings. The van der Waals surface area contributed by atoms with Gasteiger partial charge in [-0.3, -0.25) is 9.59 Å². The molecule has 35 heavy (non-hydrogen) atoms. The van der Waals surface area contributed by atoms with Gasteiger partial charge in [-0.25, -0.2) is 19.2 Å². The van der Waals surface area contributed by atoms with Crippen molar-refractivity contribution >= 4 is 23.5 Å². The largest absolute Gasteiger partial charge is 0.375 e. The molecule has 0 saturated carbocycles. The lowest BCUT2D eigenvalue weighted by Gasteiger charge is -2.52. The molecule has 0 aromatic heterocycles. The zero-order valence-electron chi connectivity index (χ0n) is 20.4. The number of fused-ring (bicyclic) bond motifs is 1. The second-order valence-corrected chi connectivity index (χ2v) is 9.13. The minimum absolute atomic E-state index is 0.00223. The molecule has 4 rings (SSSR count). The molecule has 0 spiro atoms. The second-order valence-electron chi connectivity index (χ2n) is 9.13. The van der Waals surface area contributed by atoms with Crippen molar-refractivity contribution in [1.82, 2.24) is 25.1 Å². The number of hydrogen-bond acceptors (Lipinski definition) is 5. The van der Waals surface area contributed by atoms with Crippen LogP contribution in [0, 0.1) is 5.82 Å². The molecule has 2 heterocycles. The lowest BCUT2D eigenvalue weighted by molar-refractivity contribution is -0.180. The van der Waals surface area contributed by atoms with Crippen LogP contribution in [0.1, 0.15) is 24.1 Å². The van der Waals surface area contributed by atoms with Gasteiger partial charge >= 0.3 is 6.03 Å². The average molecular weight is 483 g/mol. The SMILES string of the molecule is CC(c1ccc(F)c(N(C)C)c1)N1CC2N(CC1=O)C(=O)CN(C)N2C(=O)NCc1ccccc1. The van der Waals surface area contributed by atoms with Crippen LogP contribution in [0.2, 0.25) is 0 Å². The predicted octanol–water partition coefficient (Wildman–Crippen LogP) is 2.02. The van der Waals surface area contributed by atoms with E-state index in [0.717, 1.165) is 11.1 Å². The zero-order chi connectivity index (χ0) is 25.3. The van der Waals surface area contributed by atoms with Gasteiger partial charge in [-0.1, -0.05) is 36.4 Å². The first kappa shape index (κ1) is 24.5. The first-order valence-electron chi connectivity index (χ1n) is 11.5. The zero-order valence-corrected chi connectivity index (χ0v) is 20.4. The summed E-state index contributed by atoms with van der Waals surface area (Å²) < 4.78 is 14.2. The third-order valence-electron chi connectivity index (χ3n) is 6.58. The summed E-state index contributed by atoms with van der Waals surface area (Å²) in [7, 11) is 5.20. The molecule has 10 heteroatoms. The molecular formula is C25H31FN6O3. The Kier molecular flexibility index (Phi) is 6.93. The number of nitrogens with zero attached hydrogens (tertiary/aromatic N) is 5. The van der Waals surface area contributed by atoms with E-state index in [1.807, 2.05) is 37.3 Å². The van der Waals surface area contributed by atoms with Gasteiger partial charge in [0, 0.05) is 27.7 Å². The fourth-order valence-electron chi connectivity index (χ4n) is 4.60. The van der Waals surface area contributed by atoms with Crippen molar-refractivity contribution in [2.75, 3.05) is 45.7 Å². The third-order valence-corrected chi connectivity index (χ3v) is 6.58. The van der Waals surface area contributed by atoms with Crippen LogP contribution in [0.4, 0.5) is 14.9 Å². The van der Waals surface area contributed by atoms with Crippen LogP contribution in [0.3, 0.4) is 0 Å². The molecule has 2 saturated heterocycles. The monoisotopic (exact) mass is 482 g/mol. The van der Waals surface area contributed by atoms with E-state index in [9.17, 15) is 18.8 Å². The van der Waals surface area contributed by atoms with Crippen LogP contribution in [-0.4, -0.2) is 84.6 Å². The van der Waals surface area contributed by atoms with Gasteiger partial charge in [0.1, 0.15) is 18.5 Å². The third kappa shape index (κ3) is 4.93. The summed E-state index contributed by atoms with van der Waals surface area (Å²) in [6, 6.07) is 13.6. The van der Waals surface area contributed by atoms with E-state index >= 15 is 0 Å². The van der Waals surface area contributed by atoms with Gasteiger partial charge in [-0.05, 0) is 30.2 Å². The maximum absolute atomic E-state index is 14.2. The van der Waals surface area contributed by atoms with Crippen LogP contribution in [0.5, 0.6) is 0 Å². The fourth-order valence-corrected chi connectivity index (χ4v) is 4.60. The van der Waals surface area contributed by atoms with Crippen molar-refractivity contribution in [3.63, 3.8) is 0 Å². The lowest BCUT2D eigenvalue weighted by atomic mass is 10.0. The highest BCUT2D eigenvalue weighted by atomic mass is 19.1. The molecule has 2 aromatic rings. The number of carbonyl (C=O) groups is 3. The van der Waals surface area contributed by atoms with E-state index in [1.54, 1.807) is 48.1 Å². The Morgan fingerprint density at radius 3 is 2.51 bits per heavy atom. The summed E-state index contributed by atoms with van der Waals surface area (Å²) >= 11 is 0. The number of hydrogen-bond donors (Lipinski definition) is 1. The van der Waals surface area contributed by atoms with E-state index in [4.69, 9.17) is 0 Å². The summed E-state index contributed by atoms with van der Waals surface area (Å²) in [5.74, 6) is -0.767. The Bertz CT molecular complexity index is 1110. The number of benzene rings is 2. The highest BCUT2D eigenvalue weighted by Gasteiger charge is 2.46. The molecular weight excluding hydrogens is 451 g/mol. The van der Waals surface area contributed by atoms with E-state index in [0.29, 0.717) is 12.2 Å². The summed E-state index contributed by atoms with van der Waals surface area (Å²) in [5.41, 5.74) is 2.15. The number of urea groups is 1. The van der Waals surface area contributed by atoms with E-state index < -0.39 is 6.17 Å². The van der Waals surface area contributed by atoms with Crippen LogP contribution >= 0.6 is 0 Å². The van der Waals surface area contributed by atoms with Gasteiger partial charge in [0.05, 0.1) is 24.8 Å². The minimum atomic E-state index is -0.647. The molecule has 186 valence electrons. The van der Waals surface area contributed by atoms with Crippen molar-refractivity contribution < 1.29 is 18.8 Å². The van der Waals surface area contributed by atoms with Gasteiger partial charge in [0.2, 0.25) is 11.8 Å². The van der Waals surface area contributed by atoms with Gasteiger partial charge in [0.15, 0.2) is 0 Å². The number of piperazine rings is 1. The molecule has 0 bridgehead atoms. The highest BCUT2D eigenvalue weighted by Crippen LogP contribution is 2.30. The maximum atomic E-state index is 14.2. The Labute approximate surface area is 204 Å². The van der Waals surface area contributed by atoms with Crippen LogP contribution < -0.4 is 10.2 Å². The number of amides is 4. The Morgan fingerprint density at radius 2 is 1.83 bits per heavy atom. The van der Waals surface area contributed by atoms with Crippen LogP contribution in [0.25, 0.3) is 0 Å². The van der Waals surface area contributed by atoms with Gasteiger partial charge in [-0.15, -0.1) is 0 Å². The number of likely N-dealkylation sites (N-methyl/N-ethyl adjacent to an activating group) is 1. The maximum Gasteiger partial charge on any atom is 0.334 e. The molecule has 2 atom stereocenters. The van der Waals surface area contributed by atoms with Crippen LogP contribution in [-0.2, 0) is 16.1 Å². The van der Waals surface area contributed by atoms with Gasteiger partial charge in [0.25, 0.3) is 0 Å². The molecule has 0 aliphatic carbocycles. The number of hydrazine groups is 1. The molecule has 2 aromatic carbocycles. The summed E-state index contributed by atoms with van der Waals surface area (Å²) in [6.07, 6.45) is -0.647. The predicted molar refractivity (Wildman–Crippen MR) is 130 cm³/mol. The van der Waals surface area contributed by atoms with Crippen LogP contribution in [0.15, 0.2) is 48.5 Å².